The average Bonchev–Trinajstić information content (AvgIpc) is 3.41. The Morgan fingerprint density at radius 1 is 1.09 bits per heavy atom. The lowest BCUT2D eigenvalue weighted by Crippen LogP contribution is -2.03. The molecule has 0 spiro atoms. The minimum atomic E-state index is 0.828. The van der Waals surface area contributed by atoms with Crippen molar-refractivity contribution in [3.63, 3.8) is 0 Å². The maximum absolute atomic E-state index is 4.46. The number of anilines is 1. The third-order valence-electron chi connectivity index (χ3n) is 4.72. The first kappa shape index (κ1) is 13.7. The molecule has 114 valence electrons. The molecule has 1 aromatic heterocycles. The Hall–Kier alpha value is -1.90. The number of nitrogens with one attached hydrogen (secondary N) is 1. The van der Waals surface area contributed by atoms with E-state index in [1.54, 1.807) is 0 Å². The molecule has 0 amide bonds. The second kappa shape index (κ2) is 5.71. The largest absolute Gasteiger partial charge is 0.378 e. The Balaban J connectivity index is 1.36. The zero-order chi connectivity index (χ0) is 14.9. The van der Waals surface area contributed by atoms with Crippen LogP contribution in [0, 0.1) is 12.8 Å². The van der Waals surface area contributed by atoms with Gasteiger partial charge in [0, 0.05) is 13.0 Å². The molecule has 0 atom stereocenters. The predicted molar refractivity (Wildman–Crippen MR) is 88.9 cm³/mol. The summed E-state index contributed by atoms with van der Waals surface area (Å²) in [5.41, 5.74) is 5.29. The molecule has 22 heavy (non-hydrogen) atoms. The zero-order valence-corrected chi connectivity index (χ0v) is 13.2. The fraction of sp³-hybridized carbons (Fsp3) is 0.474. The summed E-state index contributed by atoms with van der Waals surface area (Å²) < 4.78 is 0. The predicted octanol–water partition coefficient (Wildman–Crippen LogP) is 4.23. The van der Waals surface area contributed by atoms with Crippen molar-refractivity contribution >= 4 is 5.69 Å². The van der Waals surface area contributed by atoms with Gasteiger partial charge < -0.3 is 5.32 Å². The monoisotopic (exact) mass is 293 g/mol. The van der Waals surface area contributed by atoms with Gasteiger partial charge in [-0.3, -0.25) is 0 Å². The highest BCUT2D eigenvalue weighted by Crippen LogP contribution is 2.41. The van der Waals surface area contributed by atoms with E-state index in [0.29, 0.717) is 0 Å². The number of nitrogens with zero attached hydrogens (tertiary/aromatic N) is 2. The van der Waals surface area contributed by atoms with Gasteiger partial charge in [-0.2, -0.15) is 0 Å². The molecule has 2 saturated carbocycles. The van der Waals surface area contributed by atoms with E-state index in [2.05, 4.69) is 40.4 Å². The Morgan fingerprint density at radius 3 is 2.50 bits per heavy atom. The maximum Gasteiger partial charge on any atom is 0.128 e. The van der Waals surface area contributed by atoms with Crippen LogP contribution in [0.1, 0.15) is 54.1 Å². The summed E-state index contributed by atoms with van der Waals surface area (Å²) in [5, 5.41) is 3.42. The van der Waals surface area contributed by atoms with Crippen LogP contribution in [0.15, 0.2) is 30.6 Å². The highest BCUT2D eigenvalue weighted by molar-refractivity contribution is 5.41. The molecule has 3 nitrogen and oxygen atoms in total. The molecular formula is C19H23N3. The van der Waals surface area contributed by atoms with Crippen molar-refractivity contribution in [2.75, 3.05) is 5.32 Å². The van der Waals surface area contributed by atoms with E-state index >= 15 is 0 Å². The Kier molecular flexibility index (Phi) is 3.57. The number of rotatable bonds is 6. The van der Waals surface area contributed by atoms with E-state index in [1.807, 2.05) is 12.4 Å². The van der Waals surface area contributed by atoms with E-state index in [1.165, 1.54) is 42.4 Å². The van der Waals surface area contributed by atoms with Gasteiger partial charge in [0.2, 0.25) is 0 Å². The molecular weight excluding hydrogens is 270 g/mol. The molecule has 0 saturated heterocycles. The minimum absolute atomic E-state index is 0.828. The summed E-state index contributed by atoms with van der Waals surface area (Å²) in [7, 11) is 0. The van der Waals surface area contributed by atoms with E-state index in [-0.39, 0.29) is 0 Å². The van der Waals surface area contributed by atoms with E-state index in [4.69, 9.17) is 0 Å². The van der Waals surface area contributed by atoms with Gasteiger partial charge in [-0.05, 0) is 61.1 Å². The van der Waals surface area contributed by atoms with Crippen LogP contribution in [-0.2, 0) is 13.0 Å². The van der Waals surface area contributed by atoms with Crippen molar-refractivity contribution in [2.24, 2.45) is 5.92 Å². The van der Waals surface area contributed by atoms with Crippen LogP contribution in [0.5, 0.6) is 0 Å². The fourth-order valence-electron chi connectivity index (χ4n) is 3.04. The summed E-state index contributed by atoms with van der Waals surface area (Å²) in [6.07, 6.45) is 10.3. The van der Waals surface area contributed by atoms with Crippen molar-refractivity contribution in [1.29, 1.82) is 0 Å². The van der Waals surface area contributed by atoms with Crippen molar-refractivity contribution in [3.05, 3.63) is 53.1 Å². The molecule has 1 N–H and O–H groups in total. The van der Waals surface area contributed by atoms with Gasteiger partial charge >= 0.3 is 0 Å². The maximum atomic E-state index is 4.46. The highest BCUT2D eigenvalue weighted by atomic mass is 14.9. The third-order valence-corrected chi connectivity index (χ3v) is 4.72. The van der Waals surface area contributed by atoms with Gasteiger partial charge in [-0.25, -0.2) is 9.97 Å². The summed E-state index contributed by atoms with van der Waals surface area (Å²) in [5.74, 6) is 2.65. The number of aromatic nitrogens is 2. The van der Waals surface area contributed by atoms with Gasteiger partial charge in [0.25, 0.3) is 0 Å². The van der Waals surface area contributed by atoms with Crippen molar-refractivity contribution < 1.29 is 0 Å². The number of aryl methyl sites for hydroxylation is 1. The first-order valence-electron chi connectivity index (χ1n) is 8.42. The standard InChI is InChI=1S/C19H23N3/c1-13-8-15(4-7-18(13)16-5-6-16)10-20-17-11-21-19(22-12-17)9-14-2-3-14/h4,7-8,11-12,14,16,20H,2-3,5-6,9-10H2,1H3. The number of benzene rings is 1. The van der Waals surface area contributed by atoms with E-state index in [9.17, 15) is 0 Å². The fourth-order valence-corrected chi connectivity index (χ4v) is 3.04. The first-order valence-corrected chi connectivity index (χ1v) is 8.42. The molecule has 0 unspecified atom stereocenters. The summed E-state index contributed by atoms with van der Waals surface area (Å²) in [4.78, 5) is 8.92. The molecule has 0 aliphatic heterocycles. The Labute approximate surface area is 132 Å². The van der Waals surface area contributed by atoms with Crippen LogP contribution in [0.25, 0.3) is 0 Å². The van der Waals surface area contributed by atoms with Crippen molar-refractivity contribution in [2.45, 2.75) is 51.5 Å². The molecule has 1 aromatic carbocycles. The van der Waals surface area contributed by atoms with Gasteiger partial charge in [0.05, 0.1) is 18.1 Å². The van der Waals surface area contributed by atoms with Crippen LogP contribution >= 0.6 is 0 Å². The van der Waals surface area contributed by atoms with Gasteiger partial charge in [0.15, 0.2) is 0 Å². The second-order valence-electron chi connectivity index (χ2n) is 6.85. The first-order chi connectivity index (χ1) is 10.8. The molecule has 4 rings (SSSR count). The van der Waals surface area contributed by atoms with Crippen LogP contribution in [0.4, 0.5) is 5.69 Å². The number of hydrogen-bond donors (Lipinski definition) is 1. The topological polar surface area (TPSA) is 37.8 Å². The van der Waals surface area contributed by atoms with Gasteiger partial charge in [-0.15, -0.1) is 0 Å². The van der Waals surface area contributed by atoms with Gasteiger partial charge in [0.1, 0.15) is 5.82 Å². The summed E-state index contributed by atoms with van der Waals surface area (Å²) >= 11 is 0. The van der Waals surface area contributed by atoms with Gasteiger partial charge in [-0.1, -0.05) is 18.2 Å². The molecule has 2 fully saturated rings. The highest BCUT2D eigenvalue weighted by Gasteiger charge is 2.24. The molecule has 3 heteroatoms. The molecule has 0 bridgehead atoms. The molecule has 1 heterocycles. The lowest BCUT2D eigenvalue weighted by molar-refractivity contribution is 0.769. The molecule has 0 radical (unpaired) electrons. The van der Waals surface area contributed by atoms with Crippen LogP contribution in [0.2, 0.25) is 0 Å². The number of hydrogen-bond acceptors (Lipinski definition) is 3. The van der Waals surface area contributed by atoms with E-state index in [0.717, 1.165) is 36.3 Å². The summed E-state index contributed by atoms with van der Waals surface area (Å²) in [6.45, 7) is 3.06. The lowest BCUT2D eigenvalue weighted by Gasteiger charge is -2.10. The quantitative estimate of drug-likeness (QED) is 0.866. The SMILES string of the molecule is Cc1cc(CNc2cnc(CC3CC3)nc2)ccc1C1CC1. The zero-order valence-electron chi connectivity index (χ0n) is 13.2. The lowest BCUT2D eigenvalue weighted by atomic mass is 10.0. The summed E-state index contributed by atoms with van der Waals surface area (Å²) in [6, 6.07) is 6.86. The average molecular weight is 293 g/mol. The molecule has 2 aliphatic rings. The Bertz CT molecular complexity index is 655. The normalized spacial score (nSPS) is 17.5. The van der Waals surface area contributed by atoms with Crippen LogP contribution < -0.4 is 5.32 Å². The van der Waals surface area contributed by atoms with Crippen molar-refractivity contribution in [3.8, 4) is 0 Å². The Morgan fingerprint density at radius 2 is 1.86 bits per heavy atom. The third kappa shape index (κ3) is 3.29. The smallest absolute Gasteiger partial charge is 0.128 e. The van der Waals surface area contributed by atoms with Crippen LogP contribution in [-0.4, -0.2) is 9.97 Å². The molecule has 2 aromatic rings. The van der Waals surface area contributed by atoms with E-state index < -0.39 is 0 Å². The minimum Gasteiger partial charge on any atom is -0.378 e. The molecule has 2 aliphatic carbocycles. The van der Waals surface area contributed by atoms with Crippen molar-refractivity contribution in [1.82, 2.24) is 9.97 Å². The second-order valence-corrected chi connectivity index (χ2v) is 6.85. The van der Waals surface area contributed by atoms with Crippen LogP contribution in [0.3, 0.4) is 0 Å².